The summed E-state index contributed by atoms with van der Waals surface area (Å²) in [6, 6.07) is 1.81. The van der Waals surface area contributed by atoms with E-state index in [9.17, 15) is 0 Å². The highest BCUT2D eigenvalue weighted by molar-refractivity contribution is 4.87. The number of rotatable bonds is 3. The predicted octanol–water partition coefficient (Wildman–Crippen LogP) is 0.991. The summed E-state index contributed by atoms with van der Waals surface area (Å²) in [5.41, 5.74) is 0. The van der Waals surface area contributed by atoms with Crippen LogP contribution in [0, 0.1) is 5.92 Å². The lowest BCUT2D eigenvalue weighted by Crippen LogP contribution is -2.41. The number of hydrogen-bond acceptors (Lipinski definition) is 4. The fourth-order valence-electron chi connectivity index (χ4n) is 1.77. The van der Waals surface area contributed by atoms with Gasteiger partial charge in [-0.3, -0.25) is 0 Å². The number of piperidine rings is 1. The normalized spacial score (nSPS) is 26.5. The molecule has 0 bridgehead atoms. The van der Waals surface area contributed by atoms with Crippen LogP contribution in [0.2, 0.25) is 0 Å². The summed E-state index contributed by atoms with van der Waals surface area (Å²) in [6.45, 7) is 4.78. The lowest BCUT2D eigenvalue weighted by atomic mass is 9.97. The summed E-state index contributed by atoms with van der Waals surface area (Å²) in [7, 11) is 0. The first-order valence-electron chi connectivity index (χ1n) is 5.44. The van der Waals surface area contributed by atoms with Crippen LogP contribution in [-0.2, 0) is 11.3 Å². The van der Waals surface area contributed by atoms with Crippen molar-refractivity contribution >= 4 is 0 Å². The number of ether oxygens (including phenoxy) is 1. The molecule has 1 aliphatic heterocycles. The van der Waals surface area contributed by atoms with Gasteiger partial charge in [0.2, 0.25) is 0 Å². The summed E-state index contributed by atoms with van der Waals surface area (Å²) in [5, 5.41) is 3.34. The maximum Gasteiger partial charge on any atom is 0.153 e. The molecule has 1 aromatic heterocycles. The zero-order chi connectivity index (χ0) is 10.5. The minimum absolute atomic E-state index is 0.294. The molecule has 0 radical (unpaired) electrons. The Hall–Kier alpha value is -1.00. The van der Waals surface area contributed by atoms with Crippen molar-refractivity contribution in [2.75, 3.05) is 13.1 Å². The Labute approximate surface area is 90.1 Å². The van der Waals surface area contributed by atoms with Crippen molar-refractivity contribution in [2.24, 2.45) is 5.92 Å². The average molecular weight is 207 g/mol. The molecule has 0 amide bonds. The monoisotopic (exact) mass is 207 g/mol. The largest absolute Gasteiger partial charge is 0.369 e. The summed E-state index contributed by atoms with van der Waals surface area (Å²) >= 11 is 0. The summed E-state index contributed by atoms with van der Waals surface area (Å²) in [4.78, 5) is 8.26. The molecule has 15 heavy (non-hydrogen) atoms. The molecule has 82 valence electrons. The quantitative estimate of drug-likeness (QED) is 0.803. The van der Waals surface area contributed by atoms with Gasteiger partial charge in [0.05, 0.1) is 6.10 Å². The van der Waals surface area contributed by atoms with Gasteiger partial charge >= 0.3 is 0 Å². The van der Waals surface area contributed by atoms with Crippen LogP contribution in [0.1, 0.15) is 19.2 Å². The van der Waals surface area contributed by atoms with Crippen LogP contribution < -0.4 is 5.32 Å². The molecule has 2 atom stereocenters. The smallest absolute Gasteiger partial charge is 0.153 e. The van der Waals surface area contributed by atoms with Gasteiger partial charge in [0.15, 0.2) is 5.82 Å². The van der Waals surface area contributed by atoms with Crippen molar-refractivity contribution in [3.63, 3.8) is 0 Å². The van der Waals surface area contributed by atoms with Crippen molar-refractivity contribution < 1.29 is 4.74 Å². The molecule has 0 aromatic carbocycles. The van der Waals surface area contributed by atoms with Crippen molar-refractivity contribution in [3.05, 3.63) is 24.3 Å². The van der Waals surface area contributed by atoms with E-state index in [1.807, 2.05) is 6.07 Å². The van der Waals surface area contributed by atoms with Crippen LogP contribution in [0.4, 0.5) is 0 Å². The number of nitrogens with one attached hydrogen (secondary N) is 1. The molecular weight excluding hydrogens is 190 g/mol. The second-order valence-corrected chi connectivity index (χ2v) is 3.98. The van der Waals surface area contributed by atoms with Gasteiger partial charge in [-0.15, -0.1) is 0 Å². The molecule has 1 fully saturated rings. The molecule has 1 aliphatic rings. The Kier molecular flexibility index (Phi) is 3.64. The van der Waals surface area contributed by atoms with E-state index in [4.69, 9.17) is 4.74 Å². The Morgan fingerprint density at radius 2 is 2.27 bits per heavy atom. The maximum atomic E-state index is 5.79. The van der Waals surface area contributed by atoms with Crippen LogP contribution in [0.25, 0.3) is 0 Å². The lowest BCUT2D eigenvalue weighted by molar-refractivity contribution is -0.00947. The molecule has 1 aromatic rings. The lowest BCUT2D eigenvalue weighted by Gasteiger charge is -2.29. The molecule has 2 unspecified atom stereocenters. The SMILES string of the molecule is CC1CCNCC1OCc1ncccn1. The van der Waals surface area contributed by atoms with Crippen molar-refractivity contribution in [1.82, 2.24) is 15.3 Å². The first kappa shape index (κ1) is 10.5. The van der Waals surface area contributed by atoms with E-state index in [0.29, 0.717) is 18.6 Å². The van der Waals surface area contributed by atoms with Crippen LogP contribution in [0.15, 0.2) is 18.5 Å². The number of nitrogens with zero attached hydrogens (tertiary/aromatic N) is 2. The molecular formula is C11H17N3O. The number of aromatic nitrogens is 2. The Morgan fingerprint density at radius 1 is 1.47 bits per heavy atom. The van der Waals surface area contributed by atoms with Crippen LogP contribution in [0.3, 0.4) is 0 Å². The third kappa shape index (κ3) is 2.97. The summed E-state index contributed by atoms with van der Waals surface area (Å²) in [5.74, 6) is 1.38. The van der Waals surface area contributed by atoms with Gasteiger partial charge in [0, 0.05) is 18.9 Å². The van der Waals surface area contributed by atoms with Gasteiger partial charge in [-0.25, -0.2) is 9.97 Å². The first-order chi connectivity index (χ1) is 7.36. The summed E-state index contributed by atoms with van der Waals surface area (Å²) in [6.07, 6.45) is 4.96. The highest BCUT2D eigenvalue weighted by atomic mass is 16.5. The predicted molar refractivity (Wildman–Crippen MR) is 57.3 cm³/mol. The van der Waals surface area contributed by atoms with Gasteiger partial charge in [0.1, 0.15) is 6.61 Å². The Morgan fingerprint density at radius 3 is 3.00 bits per heavy atom. The van der Waals surface area contributed by atoms with Crippen LogP contribution >= 0.6 is 0 Å². The molecule has 0 aliphatic carbocycles. The molecule has 0 spiro atoms. The fraction of sp³-hybridized carbons (Fsp3) is 0.636. The number of hydrogen-bond donors (Lipinski definition) is 1. The first-order valence-corrected chi connectivity index (χ1v) is 5.44. The molecule has 4 heteroatoms. The molecule has 1 saturated heterocycles. The topological polar surface area (TPSA) is 47.0 Å². The van der Waals surface area contributed by atoms with Gasteiger partial charge < -0.3 is 10.1 Å². The molecule has 0 saturated carbocycles. The standard InChI is InChI=1S/C11H17N3O/c1-9-3-6-12-7-10(9)15-8-11-13-4-2-5-14-11/h2,4-5,9-10,12H,3,6-8H2,1H3. The zero-order valence-electron chi connectivity index (χ0n) is 9.02. The van der Waals surface area contributed by atoms with Gasteiger partial charge in [-0.05, 0) is 24.9 Å². The van der Waals surface area contributed by atoms with E-state index in [2.05, 4.69) is 22.2 Å². The van der Waals surface area contributed by atoms with Crippen molar-refractivity contribution in [2.45, 2.75) is 26.1 Å². The molecule has 1 N–H and O–H groups in total. The third-order valence-electron chi connectivity index (χ3n) is 2.80. The van der Waals surface area contributed by atoms with Gasteiger partial charge in [-0.2, -0.15) is 0 Å². The Balaban J connectivity index is 1.82. The zero-order valence-corrected chi connectivity index (χ0v) is 9.02. The van der Waals surface area contributed by atoms with Crippen molar-refractivity contribution in [3.8, 4) is 0 Å². The average Bonchev–Trinajstić information content (AvgIpc) is 2.29. The Bertz CT molecular complexity index is 291. The van der Waals surface area contributed by atoms with E-state index < -0.39 is 0 Å². The third-order valence-corrected chi connectivity index (χ3v) is 2.80. The second kappa shape index (κ2) is 5.19. The van der Waals surface area contributed by atoms with E-state index in [1.54, 1.807) is 12.4 Å². The minimum Gasteiger partial charge on any atom is -0.369 e. The summed E-state index contributed by atoms with van der Waals surface area (Å²) < 4.78 is 5.79. The van der Waals surface area contributed by atoms with E-state index in [1.165, 1.54) is 6.42 Å². The molecule has 4 nitrogen and oxygen atoms in total. The minimum atomic E-state index is 0.294. The fourth-order valence-corrected chi connectivity index (χ4v) is 1.77. The van der Waals surface area contributed by atoms with Gasteiger partial charge in [-0.1, -0.05) is 6.92 Å². The maximum absolute atomic E-state index is 5.79. The van der Waals surface area contributed by atoms with Crippen LogP contribution in [0.5, 0.6) is 0 Å². The van der Waals surface area contributed by atoms with E-state index in [0.717, 1.165) is 18.9 Å². The van der Waals surface area contributed by atoms with E-state index in [-0.39, 0.29) is 0 Å². The molecule has 2 heterocycles. The molecule has 2 rings (SSSR count). The highest BCUT2D eigenvalue weighted by Crippen LogP contribution is 2.15. The van der Waals surface area contributed by atoms with E-state index >= 15 is 0 Å². The van der Waals surface area contributed by atoms with Gasteiger partial charge in [0.25, 0.3) is 0 Å². The highest BCUT2D eigenvalue weighted by Gasteiger charge is 2.21. The van der Waals surface area contributed by atoms with Crippen molar-refractivity contribution in [1.29, 1.82) is 0 Å². The van der Waals surface area contributed by atoms with Crippen LogP contribution in [-0.4, -0.2) is 29.2 Å². The second-order valence-electron chi connectivity index (χ2n) is 3.98.